The van der Waals surface area contributed by atoms with Crippen LogP contribution in [0.15, 0.2) is 48.5 Å². The van der Waals surface area contributed by atoms with E-state index in [0.29, 0.717) is 11.5 Å². The number of ether oxygens (including phenoxy) is 2. The van der Waals surface area contributed by atoms with Gasteiger partial charge in [0, 0.05) is 5.41 Å². The molecule has 0 aliphatic carbocycles. The number of carbonyl (C=O) groups is 2. The van der Waals surface area contributed by atoms with Crippen molar-refractivity contribution < 1.29 is 19.1 Å². The van der Waals surface area contributed by atoms with E-state index in [-0.39, 0.29) is 18.5 Å². The maximum absolute atomic E-state index is 11.2. The molecule has 0 fully saturated rings. The van der Waals surface area contributed by atoms with Gasteiger partial charge in [0.1, 0.15) is 11.5 Å². The molecule has 2 aromatic rings. The lowest BCUT2D eigenvalue weighted by molar-refractivity contribution is -0.133. The zero-order valence-electron chi connectivity index (χ0n) is 14.3. The Labute approximate surface area is 146 Å². The van der Waals surface area contributed by atoms with Gasteiger partial charge in [-0.05, 0) is 35.4 Å². The van der Waals surface area contributed by atoms with Crippen LogP contribution in [0, 0.1) is 0 Å². The lowest BCUT2D eigenvalue weighted by Gasteiger charge is -2.26. The maximum atomic E-state index is 11.2. The van der Waals surface area contributed by atoms with Crippen molar-refractivity contribution in [1.29, 1.82) is 0 Å². The molecule has 6 nitrogen and oxygen atoms in total. The molecule has 0 atom stereocenters. The van der Waals surface area contributed by atoms with E-state index in [2.05, 4.69) is 13.8 Å². The van der Waals surface area contributed by atoms with Gasteiger partial charge in [0.15, 0.2) is 0 Å². The second kappa shape index (κ2) is 7.92. The van der Waals surface area contributed by atoms with E-state index in [1.54, 1.807) is 24.3 Å². The molecule has 0 aliphatic heterocycles. The normalized spacial score (nSPS) is 11.0. The number of esters is 2. The lowest BCUT2D eigenvalue weighted by atomic mass is 9.78. The molecular formula is C19H22N2O4. The van der Waals surface area contributed by atoms with E-state index in [1.807, 2.05) is 24.3 Å². The molecule has 6 heteroatoms. The Morgan fingerprint density at radius 3 is 1.36 bits per heavy atom. The van der Waals surface area contributed by atoms with E-state index in [1.165, 1.54) is 0 Å². The van der Waals surface area contributed by atoms with Gasteiger partial charge in [-0.15, -0.1) is 0 Å². The third kappa shape index (κ3) is 4.65. The Kier molecular flexibility index (Phi) is 5.90. The van der Waals surface area contributed by atoms with Crippen LogP contribution in [-0.2, 0) is 15.0 Å². The molecule has 0 saturated carbocycles. The van der Waals surface area contributed by atoms with E-state index < -0.39 is 11.9 Å². The molecule has 0 heterocycles. The predicted molar refractivity (Wildman–Crippen MR) is 94.4 cm³/mol. The van der Waals surface area contributed by atoms with Gasteiger partial charge in [-0.25, -0.2) is 0 Å². The van der Waals surface area contributed by atoms with Gasteiger partial charge in [0.05, 0.1) is 13.1 Å². The third-order valence-corrected chi connectivity index (χ3v) is 3.95. The Morgan fingerprint density at radius 2 is 1.08 bits per heavy atom. The maximum Gasteiger partial charge on any atom is 0.325 e. The minimum absolute atomic E-state index is 0.158. The molecule has 132 valence electrons. The highest BCUT2D eigenvalue weighted by atomic mass is 16.5. The number of benzene rings is 2. The van der Waals surface area contributed by atoms with Gasteiger partial charge in [-0.3, -0.25) is 9.59 Å². The predicted octanol–water partition coefficient (Wildman–Crippen LogP) is 1.74. The highest BCUT2D eigenvalue weighted by Gasteiger charge is 2.23. The first-order valence-corrected chi connectivity index (χ1v) is 7.89. The van der Waals surface area contributed by atoms with Crippen molar-refractivity contribution in [3.05, 3.63) is 59.7 Å². The largest absolute Gasteiger partial charge is 0.426 e. The zero-order chi connectivity index (χ0) is 18.4. The first-order valence-electron chi connectivity index (χ1n) is 7.89. The molecular weight excluding hydrogens is 320 g/mol. The second-order valence-corrected chi connectivity index (χ2v) is 6.03. The molecule has 0 saturated heterocycles. The van der Waals surface area contributed by atoms with Crippen LogP contribution in [0.2, 0.25) is 0 Å². The fourth-order valence-corrected chi connectivity index (χ4v) is 2.39. The smallest absolute Gasteiger partial charge is 0.325 e. The topological polar surface area (TPSA) is 105 Å². The first kappa shape index (κ1) is 18.6. The number of carbonyl (C=O) groups excluding carboxylic acids is 2. The summed E-state index contributed by atoms with van der Waals surface area (Å²) in [6, 6.07) is 14.6. The molecule has 2 aromatic carbocycles. The van der Waals surface area contributed by atoms with Crippen LogP contribution in [0.5, 0.6) is 11.5 Å². The number of hydrogen-bond donors (Lipinski definition) is 2. The summed E-state index contributed by atoms with van der Waals surface area (Å²) in [5.41, 5.74) is 12.3. The van der Waals surface area contributed by atoms with Gasteiger partial charge >= 0.3 is 11.9 Å². The fourth-order valence-electron chi connectivity index (χ4n) is 2.39. The van der Waals surface area contributed by atoms with Crippen molar-refractivity contribution in [2.24, 2.45) is 11.5 Å². The zero-order valence-corrected chi connectivity index (χ0v) is 14.3. The summed E-state index contributed by atoms with van der Waals surface area (Å²) >= 11 is 0. The summed E-state index contributed by atoms with van der Waals surface area (Å²) in [6.45, 7) is 3.84. The van der Waals surface area contributed by atoms with Crippen LogP contribution in [0.3, 0.4) is 0 Å². The van der Waals surface area contributed by atoms with Crippen molar-refractivity contribution >= 4 is 11.9 Å². The van der Waals surface area contributed by atoms with Gasteiger partial charge in [-0.2, -0.15) is 0 Å². The Balaban J connectivity index is 2.17. The minimum atomic E-state index is -0.477. The minimum Gasteiger partial charge on any atom is -0.426 e. The molecule has 2 rings (SSSR count). The highest BCUT2D eigenvalue weighted by molar-refractivity contribution is 5.74. The van der Waals surface area contributed by atoms with Crippen LogP contribution in [0.25, 0.3) is 0 Å². The van der Waals surface area contributed by atoms with Crippen molar-refractivity contribution in [2.75, 3.05) is 13.1 Å². The Hall–Kier alpha value is -2.70. The summed E-state index contributed by atoms with van der Waals surface area (Å²) in [5.74, 6) is -0.0395. The first-order chi connectivity index (χ1) is 11.9. The molecule has 0 bridgehead atoms. The Bertz CT molecular complexity index is 674. The monoisotopic (exact) mass is 342 g/mol. The van der Waals surface area contributed by atoms with Crippen molar-refractivity contribution in [2.45, 2.75) is 19.3 Å². The van der Waals surface area contributed by atoms with Crippen LogP contribution >= 0.6 is 0 Å². The lowest BCUT2D eigenvalue weighted by Crippen LogP contribution is -2.21. The molecule has 0 amide bonds. The van der Waals surface area contributed by atoms with Gasteiger partial charge in [0.2, 0.25) is 0 Å². The molecule has 0 spiro atoms. The van der Waals surface area contributed by atoms with Crippen LogP contribution in [0.4, 0.5) is 0 Å². The standard InChI is InChI=1S/C19H22N2O4/c1-19(2,13-3-7-15(8-4-13)24-17(22)11-20)14-5-9-16(10-6-14)25-18(23)12-21/h3-10H,11-12,20-21H2,1-2H3. The third-order valence-electron chi connectivity index (χ3n) is 3.95. The quantitative estimate of drug-likeness (QED) is 0.612. The highest BCUT2D eigenvalue weighted by Crippen LogP contribution is 2.33. The summed E-state index contributed by atoms with van der Waals surface area (Å²) < 4.78 is 10.2. The number of rotatable bonds is 6. The van der Waals surface area contributed by atoms with Crippen molar-refractivity contribution in [3.63, 3.8) is 0 Å². The van der Waals surface area contributed by atoms with Gasteiger partial charge < -0.3 is 20.9 Å². The summed E-state index contributed by atoms with van der Waals surface area (Å²) in [6.07, 6.45) is 0. The second-order valence-electron chi connectivity index (χ2n) is 6.03. The SMILES string of the molecule is CC(C)(c1ccc(OC(=O)CN)cc1)c1ccc(OC(=O)CN)cc1. The van der Waals surface area contributed by atoms with E-state index >= 15 is 0 Å². The molecule has 0 radical (unpaired) electrons. The molecule has 0 unspecified atom stereocenters. The molecule has 0 aliphatic rings. The molecule has 0 aromatic heterocycles. The van der Waals surface area contributed by atoms with Gasteiger partial charge in [0.25, 0.3) is 0 Å². The van der Waals surface area contributed by atoms with Crippen LogP contribution in [0.1, 0.15) is 25.0 Å². The van der Waals surface area contributed by atoms with Crippen LogP contribution in [-0.4, -0.2) is 25.0 Å². The summed E-state index contributed by atoms with van der Waals surface area (Å²) in [4.78, 5) is 22.4. The number of nitrogens with two attached hydrogens (primary N) is 2. The fraction of sp³-hybridized carbons (Fsp3) is 0.263. The van der Waals surface area contributed by atoms with Crippen molar-refractivity contribution in [1.82, 2.24) is 0 Å². The summed E-state index contributed by atoms with van der Waals surface area (Å²) in [7, 11) is 0. The van der Waals surface area contributed by atoms with E-state index in [9.17, 15) is 9.59 Å². The number of hydrogen-bond acceptors (Lipinski definition) is 6. The molecule has 4 N–H and O–H groups in total. The summed E-state index contributed by atoms with van der Waals surface area (Å²) in [5, 5.41) is 0. The van der Waals surface area contributed by atoms with Crippen LogP contribution < -0.4 is 20.9 Å². The average Bonchev–Trinajstić information content (AvgIpc) is 2.62. The van der Waals surface area contributed by atoms with Gasteiger partial charge in [-0.1, -0.05) is 38.1 Å². The average molecular weight is 342 g/mol. The Morgan fingerprint density at radius 1 is 0.760 bits per heavy atom. The van der Waals surface area contributed by atoms with E-state index in [0.717, 1.165) is 11.1 Å². The van der Waals surface area contributed by atoms with E-state index in [4.69, 9.17) is 20.9 Å². The van der Waals surface area contributed by atoms with Crippen molar-refractivity contribution in [3.8, 4) is 11.5 Å². The molecule has 25 heavy (non-hydrogen) atoms.